The summed E-state index contributed by atoms with van der Waals surface area (Å²) >= 11 is 0. The molecule has 0 fully saturated rings. The molecule has 0 amide bonds. The van der Waals surface area contributed by atoms with Crippen molar-refractivity contribution in [3.63, 3.8) is 0 Å². The smallest absolute Gasteiger partial charge is 0.518 e. The van der Waals surface area contributed by atoms with Crippen molar-refractivity contribution in [1.82, 2.24) is 0 Å². The summed E-state index contributed by atoms with van der Waals surface area (Å²) in [6, 6.07) is 0. The lowest BCUT2D eigenvalue weighted by molar-refractivity contribution is -0.139. The third kappa shape index (κ3) is 12.6. The second kappa shape index (κ2) is 14.4. The second-order valence-corrected chi connectivity index (χ2v) is 7.97. The van der Waals surface area contributed by atoms with Gasteiger partial charge in [0.05, 0.1) is 24.4 Å². The molecule has 0 spiro atoms. The molecule has 0 bridgehead atoms. The standard InChI is InChI=1S/C20H40O6/c1-4-5-8-15(3)20(26)18(23)12-14(2)11-16(21)9-6-7-10-17(22)13-19(24)25/h14-18,20-23,26H,4-13H2,1-3H3,(H,24,25)/p+1. The normalized spacial score (nSPS) is 18.7. The highest BCUT2D eigenvalue weighted by Gasteiger charge is 2.25. The van der Waals surface area contributed by atoms with Crippen LogP contribution >= 0.6 is 0 Å². The van der Waals surface area contributed by atoms with Crippen LogP contribution in [-0.2, 0) is 4.79 Å². The highest BCUT2D eigenvalue weighted by molar-refractivity contribution is 5.67. The van der Waals surface area contributed by atoms with Crippen LogP contribution in [0.15, 0.2) is 0 Å². The Balaban J connectivity index is 3.96. The molecule has 0 aliphatic rings. The number of aliphatic hydroxyl groups is 4. The number of carbonyl (C=O) groups is 1. The fraction of sp³-hybridized carbons (Fsp3) is 0.950. The quantitative estimate of drug-likeness (QED) is 0.242. The van der Waals surface area contributed by atoms with Gasteiger partial charge in [-0.05, 0) is 43.9 Å². The van der Waals surface area contributed by atoms with E-state index in [4.69, 9.17) is 5.11 Å². The summed E-state index contributed by atoms with van der Waals surface area (Å²) in [6.07, 6.45) is 3.75. The van der Waals surface area contributed by atoms with Crippen molar-refractivity contribution in [3.8, 4) is 0 Å². The Kier molecular flexibility index (Phi) is 14.0. The maximum atomic E-state index is 10.6. The van der Waals surface area contributed by atoms with Crippen LogP contribution in [0.25, 0.3) is 0 Å². The third-order valence-corrected chi connectivity index (χ3v) is 5.05. The molecule has 0 heterocycles. The van der Waals surface area contributed by atoms with Crippen molar-refractivity contribution >= 4 is 5.97 Å². The van der Waals surface area contributed by atoms with Crippen molar-refractivity contribution in [1.29, 1.82) is 0 Å². The van der Waals surface area contributed by atoms with Crippen molar-refractivity contribution in [2.75, 3.05) is 0 Å². The van der Waals surface area contributed by atoms with Gasteiger partial charge in [-0.1, -0.05) is 46.5 Å². The second-order valence-electron chi connectivity index (χ2n) is 7.97. The molecule has 6 atom stereocenters. The molecule has 0 rings (SSSR count). The lowest BCUT2D eigenvalue weighted by Crippen LogP contribution is -2.34. The Morgan fingerprint density at radius 2 is 1.46 bits per heavy atom. The summed E-state index contributed by atoms with van der Waals surface area (Å²) in [4.78, 5) is 10.6. The van der Waals surface area contributed by atoms with E-state index in [0.29, 0.717) is 32.1 Å². The zero-order chi connectivity index (χ0) is 20.1. The van der Waals surface area contributed by atoms with Gasteiger partial charge in [0.25, 0.3) is 0 Å². The van der Waals surface area contributed by atoms with E-state index < -0.39 is 30.4 Å². The third-order valence-electron chi connectivity index (χ3n) is 5.05. The predicted molar refractivity (Wildman–Crippen MR) is 103 cm³/mol. The minimum absolute atomic E-state index is 0.0732. The van der Waals surface area contributed by atoms with E-state index in [1.165, 1.54) is 0 Å². The fourth-order valence-corrected chi connectivity index (χ4v) is 3.38. The molecule has 0 saturated heterocycles. The molecule has 6 heteroatoms. The molecule has 26 heavy (non-hydrogen) atoms. The molecule has 0 radical (unpaired) electrons. The Morgan fingerprint density at radius 3 is 2.00 bits per heavy atom. The van der Waals surface area contributed by atoms with E-state index in [9.17, 15) is 25.2 Å². The number of hydrogen-bond acceptors (Lipinski definition) is 5. The average molecular weight is 378 g/mol. The SMILES string of the molecule is CCCCC(C)C(O)C(O)CC(C)CC(O)CCCCC(O)CC(=O)[OH2+]. The van der Waals surface area contributed by atoms with Crippen LogP contribution in [0.1, 0.15) is 85.0 Å². The molecule has 6 N–H and O–H groups in total. The number of aliphatic hydroxyl groups excluding tert-OH is 4. The molecular weight excluding hydrogens is 336 g/mol. The summed E-state index contributed by atoms with van der Waals surface area (Å²) in [7, 11) is 0. The first-order chi connectivity index (χ1) is 12.2. The van der Waals surface area contributed by atoms with Crippen LogP contribution in [0.4, 0.5) is 0 Å². The van der Waals surface area contributed by atoms with E-state index in [-0.39, 0.29) is 18.3 Å². The minimum atomic E-state index is -0.762. The maximum absolute atomic E-state index is 10.6. The first kappa shape index (κ1) is 25.3. The Labute approximate surface area is 158 Å². The molecule has 0 aromatic carbocycles. The summed E-state index contributed by atoms with van der Waals surface area (Å²) in [5.74, 6) is -0.570. The van der Waals surface area contributed by atoms with Crippen LogP contribution in [0.5, 0.6) is 0 Å². The van der Waals surface area contributed by atoms with Crippen LogP contribution in [0, 0.1) is 11.8 Å². The topological polar surface area (TPSA) is 121 Å². The van der Waals surface area contributed by atoms with E-state index in [2.05, 4.69) is 6.92 Å². The first-order valence-electron chi connectivity index (χ1n) is 10.1. The molecule has 156 valence electrons. The zero-order valence-corrected chi connectivity index (χ0v) is 16.7. The highest BCUT2D eigenvalue weighted by atomic mass is 16.4. The van der Waals surface area contributed by atoms with E-state index in [0.717, 1.165) is 25.7 Å². The number of rotatable bonds is 16. The number of unbranched alkanes of at least 4 members (excludes halogenated alkanes) is 2. The van der Waals surface area contributed by atoms with Gasteiger partial charge in [0, 0.05) is 4.79 Å². The van der Waals surface area contributed by atoms with Gasteiger partial charge in [-0.3, -0.25) is 0 Å². The Morgan fingerprint density at radius 1 is 0.885 bits per heavy atom. The van der Waals surface area contributed by atoms with Crippen molar-refractivity contribution < 1.29 is 30.3 Å². The molecule has 0 aliphatic heterocycles. The van der Waals surface area contributed by atoms with E-state index >= 15 is 0 Å². The zero-order valence-electron chi connectivity index (χ0n) is 16.7. The summed E-state index contributed by atoms with van der Waals surface area (Å²) in [6.45, 7) is 6.04. The highest BCUT2D eigenvalue weighted by Crippen LogP contribution is 2.22. The van der Waals surface area contributed by atoms with Gasteiger partial charge in [0.1, 0.15) is 6.42 Å². The number of carbonyl (C=O) groups excluding carboxylic acids is 1. The van der Waals surface area contributed by atoms with Crippen molar-refractivity contribution in [2.45, 2.75) is 109 Å². The molecule has 0 aromatic rings. The van der Waals surface area contributed by atoms with Crippen molar-refractivity contribution in [2.24, 2.45) is 11.8 Å². The summed E-state index contributed by atoms with van der Waals surface area (Å²) in [5, 5.41) is 46.9. The predicted octanol–water partition coefficient (Wildman–Crippen LogP) is 1.87. The average Bonchev–Trinajstić information content (AvgIpc) is 2.54. The van der Waals surface area contributed by atoms with Gasteiger partial charge in [-0.15, -0.1) is 0 Å². The lowest BCUT2D eigenvalue weighted by Gasteiger charge is -2.26. The Hall–Kier alpha value is -0.690. The summed E-state index contributed by atoms with van der Waals surface area (Å²) < 4.78 is 0. The van der Waals surface area contributed by atoms with Crippen LogP contribution in [-0.4, -0.2) is 55.9 Å². The molecule has 6 unspecified atom stereocenters. The van der Waals surface area contributed by atoms with Gasteiger partial charge in [0.15, 0.2) is 0 Å². The first-order valence-corrected chi connectivity index (χ1v) is 10.1. The molecule has 0 aliphatic carbocycles. The lowest BCUT2D eigenvalue weighted by atomic mass is 9.88. The van der Waals surface area contributed by atoms with Gasteiger partial charge >= 0.3 is 5.97 Å². The Bertz CT molecular complexity index is 362. The molecular formula is C20H41O6+. The van der Waals surface area contributed by atoms with Crippen LogP contribution in [0.2, 0.25) is 0 Å². The van der Waals surface area contributed by atoms with E-state index in [1.54, 1.807) is 0 Å². The molecule has 0 saturated carbocycles. The monoisotopic (exact) mass is 377 g/mol. The summed E-state index contributed by atoms with van der Waals surface area (Å²) in [5.41, 5.74) is 0. The van der Waals surface area contributed by atoms with Gasteiger partial charge in [-0.2, -0.15) is 0 Å². The van der Waals surface area contributed by atoms with Gasteiger partial charge < -0.3 is 25.5 Å². The number of hydrogen-bond donors (Lipinski definition) is 4. The van der Waals surface area contributed by atoms with Crippen LogP contribution in [0.3, 0.4) is 0 Å². The van der Waals surface area contributed by atoms with E-state index in [1.807, 2.05) is 13.8 Å². The molecule has 6 nitrogen and oxygen atoms in total. The fourth-order valence-electron chi connectivity index (χ4n) is 3.38. The maximum Gasteiger partial charge on any atom is 0.518 e. The largest absolute Gasteiger partial charge is 0.565 e. The molecule has 0 aromatic heterocycles. The minimum Gasteiger partial charge on any atom is -0.565 e. The van der Waals surface area contributed by atoms with Crippen molar-refractivity contribution in [3.05, 3.63) is 0 Å². The van der Waals surface area contributed by atoms with Crippen LogP contribution < -0.4 is 0 Å². The van der Waals surface area contributed by atoms with Gasteiger partial charge in [0.2, 0.25) is 0 Å². The van der Waals surface area contributed by atoms with Gasteiger partial charge in [-0.25, -0.2) is 0 Å².